The van der Waals surface area contributed by atoms with Crippen LogP contribution in [-0.2, 0) is 23.9 Å². The Morgan fingerprint density at radius 1 is 0.925 bits per heavy atom. The summed E-state index contributed by atoms with van der Waals surface area (Å²) in [6, 6.07) is -0.788. The maximum atomic E-state index is 13.4. The molecule has 7 heteroatoms. The zero-order chi connectivity index (χ0) is 29.4. The molecule has 0 saturated heterocycles. The van der Waals surface area contributed by atoms with Crippen LogP contribution in [0.1, 0.15) is 118 Å². The van der Waals surface area contributed by atoms with E-state index in [0.717, 1.165) is 32.1 Å². The molecule has 0 bridgehead atoms. The monoisotopic (exact) mass is 558 g/mol. The summed E-state index contributed by atoms with van der Waals surface area (Å²) in [5, 5.41) is 0. The van der Waals surface area contributed by atoms with Crippen LogP contribution in [0.2, 0.25) is 0 Å². The lowest BCUT2D eigenvalue weighted by Gasteiger charge is -2.61. The highest BCUT2D eigenvalue weighted by molar-refractivity contribution is 5.88. The van der Waals surface area contributed by atoms with Crippen molar-refractivity contribution in [1.29, 1.82) is 0 Å². The van der Waals surface area contributed by atoms with Crippen molar-refractivity contribution in [3.8, 4) is 0 Å². The van der Waals surface area contributed by atoms with Gasteiger partial charge in [-0.1, -0.05) is 27.7 Å². The molecule has 0 heterocycles. The molecule has 4 aliphatic rings. The van der Waals surface area contributed by atoms with Crippen LogP contribution in [0.15, 0.2) is 0 Å². The Balaban J connectivity index is 1.37. The lowest BCUT2D eigenvalue weighted by atomic mass is 9.44. The smallest absolute Gasteiger partial charge is 0.309 e. The van der Waals surface area contributed by atoms with Gasteiger partial charge in [0.15, 0.2) is 0 Å². The number of carbonyl (C=O) groups excluding carboxylic acids is 4. The van der Waals surface area contributed by atoms with Gasteiger partial charge in [0.05, 0.1) is 12.0 Å². The van der Waals surface area contributed by atoms with Gasteiger partial charge in [-0.2, -0.15) is 0 Å². The van der Waals surface area contributed by atoms with Crippen molar-refractivity contribution >= 4 is 23.4 Å². The Morgan fingerprint density at radius 2 is 1.60 bits per heavy atom. The topological polar surface area (TPSA) is 130 Å². The number of nitrogens with two attached hydrogens (primary N) is 2. The summed E-state index contributed by atoms with van der Waals surface area (Å²) in [5.41, 5.74) is 11.7. The molecule has 4 fully saturated rings. The number of hydrogen-bond donors (Lipinski definition) is 2. The lowest BCUT2D eigenvalue weighted by molar-refractivity contribution is -0.168. The third-order valence-corrected chi connectivity index (χ3v) is 12.0. The predicted octanol–water partition coefficient (Wildman–Crippen LogP) is 5.36. The number of rotatable bonds is 11. The van der Waals surface area contributed by atoms with E-state index in [4.69, 9.17) is 16.2 Å². The molecule has 0 unspecified atom stereocenters. The van der Waals surface area contributed by atoms with Crippen LogP contribution < -0.4 is 11.5 Å². The van der Waals surface area contributed by atoms with Gasteiger partial charge in [-0.15, -0.1) is 0 Å². The lowest BCUT2D eigenvalue weighted by Crippen LogP contribution is -2.54. The van der Waals surface area contributed by atoms with Gasteiger partial charge < -0.3 is 16.2 Å². The average molecular weight is 559 g/mol. The fraction of sp³-hybridized carbons (Fsp3) is 0.879. The highest BCUT2D eigenvalue weighted by Gasteiger charge is 2.61. The van der Waals surface area contributed by atoms with E-state index in [1.54, 1.807) is 6.92 Å². The summed E-state index contributed by atoms with van der Waals surface area (Å²) in [7, 11) is 0. The second-order valence-corrected chi connectivity index (χ2v) is 14.9. The van der Waals surface area contributed by atoms with Gasteiger partial charge in [0.1, 0.15) is 17.7 Å². The number of ether oxygens (including phenoxy) is 1. The van der Waals surface area contributed by atoms with E-state index in [1.807, 2.05) is 13.8 Å². The minimum Gasteiger partial charge on any atom is -0.462 e. The molecular weight excluding hydrogens is 504 g/mol. The molecule has 10 atom stereocenters. The predicted molar refractivity (Wildman–Crippen MR) is 155 cm³/mol. The summed E-state index contributed by atoms with van der Waals surface area (Å²) in [6.45, 7) is 10.8. The number of esters is 1. The van der Waals surface area contributed by atoms with Crippen molar-refractivity contribution < 1.29 is 23.9 Å². The zero-order valence-electron chi connectivity index (χ0n) is 25.6. The minimum absolute atomic E-state index is 0.0516. The maximum Gasteiger partial charge on any atom is 0.309 e. The van der Waals surface area contributed by atoms with Crippen molar-refractivity contribution in [2.75, 3.05) is 0 Å². The van der Waals surface area contributed by atoms with Gasteiger partial charge in [0, 0.05) is 18.8 Å². The Bertz CT molecular complexity index is 980. The minimum atomic E-state index is -0.788. The normalized spacial score (nSPS) is 38.5. The largest absolute Gasteiger partial charge is 0.462 e. The maximum absolute atomic E-state index is 13.4. The summed E-state index contributed by atoms with van der Waals surface area (Å²) < 4.78 is 6.15. The van der Waals surface area contributed by atoms with E-state index in [2.05, 4.69) is 13.8 Å². The van der Waals surface area contributed by atoms with Crippen molar-refractivity contribution in [3.05, 3.63) is 0 Å². The van der Waals surface area contributed by atoms with Crippen LogP contribution in [0.5, 0.6) is 0 Å². The Labute approximate surface area is 241 Å². The highest BCUT2D eigenvalue weighted by Crippen LogP contribution is 2.67. The van der Waals surface area contributed by atoms with E-state index in [0.29, 0.717) is 35.9 Å². The SMILES string of the molecule is CC(=O)[C@H]1CC[C@H]2[C@@H]3CC[C@H]4C[C@H](OC(=O)[C@@H](CC(=O)[C@@H](N)CCC(N)=O)CC(C)C)CC[C@]4(C)[C@H]3CC[C@]12C. The molecule has 40 heavy (non-hydrogen) atoms. The molecule has 0 spiro atoms. The van der Waals surface area contributed by atoms with Gasteiger partial charge in [0.25, 0.3) is 0 Å². The first-order valence-electron chi connectivity index (χ1n) is 16.0. The molecule has 4 aliphatic carbocycles. The summed E-state index contributed by atoms with van der Waals surface area (Å²) >= 11 is 0. The highest BCUT2D eigenvalue weighted by atomic mass is 16.5. The first-order chi connectivity index (χ1) is 18.8. The zero-order valence-corrected chi connectivity index (χ0v) is 25.6. The molecule has 0 aromatic rings. The first-order valence-corrected chi connectivity index (χ1v) is 16.0. The Hall–Kier alpha value is -1.76. The number of primary amides is 1. The van der Waals surface area contributed by atoms with E-state index in [9.17, 15) is 19.2 Å². The Kier molecular flexibility index (Phi) is 9.53. The van der Waals surface area contributed by atoms with Crippen molar-refractivity contribution in [1.82, 2.24) is 0 Å². The summed E-state index contributed by atoms with van der Waals surface area (Å²) in [5.74, 6) is 2.00. The average Bonchev–Trinajstić information content (AvgIpc) is 3.24. The second kappa shape index (κ2) is 12.2. The van der Waals surface area contributed by atoms with Gasteiger partial charge in [-0.05, 0) is 118 Å². The van der Waals surface area contributed by atoms with Gasteiger partial charge in [-0.25, -0.2) is 0 Å². The number of carbonyl (C=O) groups is 4. The number of Topliss-reactive ketones (excluding diaryl/α,β-unsaturated/α-hetero) is 2. The molecule has 0 aromatic carbocycles. The number of hydrogen-bond acceptors (Lipinski definition) is 6. The summed E-state index contributed by atoms with van der Waals surface area (Å²) in [4.78, 5) is 49.7. The summed E-state index contributed by atoms with van der Waals surface area (Å²) in [6.07, 6.45) is 10.7. The van der Waals surface area contributed by atoms with Crippen molar-refractivity contribution in [2.24, 2.45) is 63.7 Å². The van der Waals surface area contributed by atoms with Crippen LogP contribution in [0.3, 0.4) is 0 Å². The third-order valence-electron chi connectivity index (χ3n) is 12.0. The molecule has 0 aliphatic heterocycles. The molecular formula is C33H54N2O5. The fourth-order valence-corrected chi connectivity index (χ4v) is 9.94. The molecule has 4 N–H and O–H groups in total. The molecule has 226 valence electrons. The molecule has 7 nitrogen and oxygen atoms in total. The van der Waals surface area contributed by atoms with E-state index in [1.165, 1.54) is 25.7 Å². The van der Waals surface area contributed by atoms with Crippen LogP contribution in [-0.4, -0.2) is 35.6 Å². The standard InChI is InChI=1S/C33H54N2O5/c1-19(2)16-21(17-29(37)28(34)10-11-30(35)38)31(39)40-23-12-14-32(4)22(18-23)6-7-24-26-9-8-25(20(3)36)33(26,5)15-13-27(24)32/h19,21-28H,6-18,34H2,1-5H3,(H2,35,38)/t21-,22+,23-,24+,25-,26+,27+,28+,32+,33-/m1/s1. The van der Waals surface area contributed by atoms with Crippen LogP contribution >= 0.6 is 0 Å². The second-order valence-electron chi connectivity index (χ2n) is 14.9. The molecule has 0 aromatic heterocycles. The van der Waals surface area contributed by atoms with E-state index >= 15 is 0 Å². The van der Waals surface area contributed by atoms with Crippen molar-refractivity contribution in [2.45, 2.75) is 130 Å². The molecule has 0 radical (unpaired) electrons. The van der Waals surface area contributed by atoms with Crippen LogP contribution in [0.25, 0.3) is 0 Å². The molecule has 4 saturated carbocycles. The van der Waals surface area contributed by atoms with Crippen LogP contribution in [0, 0.1) is 52.3 Å². The van der Waals surface area contributed by atoms with Crippen LogP contribution in [0.4, 0.5) is 0 Å². The van der Waals surface area contributed by atoms with Gasteiger partial charge in [-0.3, -0.25) is 19.2 Å². The van der Waals surface area contributed by atoms with Crippen molar-refractivity contribution in [3.63, 3.8) is 0 Å². The van der Waals surface area contributed by atoms with E-state index in [-0.39, 0.29) is 59.8 Å². The first kappa shape index (κ1) is 31.2. The van der Waals surface area contributed by atoms with Gasteiger partial charge >= 0.3 is 5.97 Å². The number of ketones is 2. The van der Waals surface area contributed by atoms with Gasteiger partial charge in [0.2, 0.25) is 5.91 Å². The number of amides is 1. The van der Waals surface area contributed by atoms with E-state index < -0.39 is 17.9 Å². The quantitative estimate of drug-likeness (QED) is 0.328. The fourth-order valence-electron chi connectivity index (χ4n) is 9.94. The Morgan fingerprint density at radius 3 is 2.25 bits per heavy atom. The third kappa shape index (κ3) is 6.19. The molecule has 1 amide bonds. The molecule has 4 rings (SSSR count). The number of fused-ring (bicyclic) bond motifs is 5.